The molecule has 16 heavy (non-hydrogen) atoms. The van der Waals surface area contributed by atoms with E-state index >= 15 is 0 Å². The van der Waals surface area contributed by atoms with Gasteiger partial charge in [0, 0.05) is 0 Å². The Balaban J connectivity index is 3.00. The fourth-order valence-electron chi connectivity index (χ4n) is 1.70. The first kappa shape index (κ1) is 9.71. The molecule has 0 heterocycles. The third kappa shape index (κ3) is 1.19. The smallest absolute Gasteiger partial charge is 0.223 e. The quantitative estimate of drug-likeness (QED) is 0.618. The van der Waals surface area contributed by atoms with Gasteiger partial charge < -0.3 is 0 Å². The molecule has 3 nitrogen and oxygen atoms in total. The van der Waals surface area contributed by atoms with Gasteiger partial charge in [-0.3, -0.25) is 0 Å². The molecule has 0 fully saturated rings. The van der Waals surface area contributed by atoms with E-state index in [1.54, 1.807) is 24.3 Å². The number of hydrogen-bond donors (Lipinski definition) is 0. The van der Waals surface area contributed by atoms with Gasteiger partial charge >= 0.3 is 0 Å². The molecule has 0 aliphatic heterocycles. The summed E-state index contributed by atoms with van der Waals surface area (Å²) in [6.45, 7) is 7.03. The highest BCUT2D eigenvalue weighted by atomic mass is 14.7. The summed E-state index contributed by atoms with van der Waals surface area (Å²) in [5.74, 6) is 0. The summed E-state index contributed by atoms with van der Waals surface area (Å²) in [4.78, 5) is 3.27. The number of nitriles is 2. The minimum atomic E-state index is 0.159. The molecule has 0 spiro atoms. The normalized spacial score (nSPS) is 9.06. The van der Waals surface area contributed by atoms with Crippen molar-refractivity contribution in [3.05, 3.63) is 52.9 Å². The Morgan fingerprint density at radius 3 is 1.81 bits per heavy atom. The summed E-state index contributed by atoms with van der Waals surface area (Å²) in [7, 11) is 0. The molecule has 2 rings (SSSR count). The molecule has 72 valence electrons. The Bertz CT molecular complexity index is 602. The molecule has 0 atom stereocenters. The zero-order chi connectivity index (χ0) is 11.5. The summed E-state index contributed by atoms with van der Waals surface area (Å²) in [5, 5.41) is 18.1. The second-order valence-corrected chi connectivity index (χ2v) is 3.17. The Kier molecular flexibility index (Phi) is 2.27. The highest BCUT2D eigenvalue weighted by molar-refractivity contribution is 5.91. The first-order valence-electron chi connectivity index (χ1n) is 4.56. The largest absolute Gasteiger partial charge is 0.235 e. The predicted octanol–water partition coefficient (Wildman–Crippen LogP) is 3.09. The number of nitrogens with zero attached hydrogens (tertiary/aromatic N) is 3. The van der Waals surface area contributed by atoms with Crippen molar-refractivity contribution in [2.45, 2.75) is 0 Å². The molecule has 0 saturated carbocycles. The Labute approximate surface area is 93.0 Å². The third-order valence-electron chi connectivity index (χ3n) is 2.39. The molecule has 2 aliphatic carbocycles. The van der Waals surface area contributed by atoms with Crippen molar-refractivity contribution >= 4 is 5.69 Å². The van der Waals surface area contributed by atoms with E-state index in [4.69, 9.17) is 17.1 Å². The van der Waals surface area contributed by atoms with Gasteiger partial charge in [0.15, 0.2) is 0 Å². The van der Waals surface area contributed by atoms with Crippen LogP contribution >= 0.6 is 0 Å². The summed E-state index contributed by atoms with van der Waals surface area (Å²) in [5.41, 5.74) is 2.06. The molecule has 0 amide bonds. The zero-order valence-electron chi connectivity index (χ0n) is 8.23. The maximum Gasteiger partial charge on any atom is 0.223 e. The monoisotopic (exact) mass is 203 g/mol. The average Bonchev–Trinajstić information content (AvgIpc) is 2.46. The van der Waals surface area contributed by atoms with E-state index in [0.29, 0.717) is 11.1 Å². The molecule has 2 aliphatic rings. The summed E-state index contributed by atoms with van der Waals surface area (Å²) in [6.07, 6.45) is 0. The number of hydrogen-bond acceptors (Lipinski definition) is 2. The second-order valence-electron chi connectivity index (χ2n) is 3.17. The standard InChI is InChI=1S/C13H5N3/c1-16-13-11(7-14)9-5-3-2-4-6-10(9)12(13)8-15/h2-6H. The van der Waals surface area contributed by atoms with E-state index in [1.165, 1.54) is 0 Å². The molecular formula is C13H5N3. The lowest BCUT2D eigenvalue weighted by atomic mass is 10.1. The van der Waals surface area contributed by atoms with Gasteiger partial charge in [-0.2, -0.15) is 10.5 Å². The van der Waals surface area contributed by atoms with Gasteiger partial charge in [-0.15, -0.1) is 0 Å². The van der Waals surface area contributed by atoms with Crippen molar-refractivity contribution in [1.29, 1.82) is 10.5 Å². The van der Waals surface area contributed by atoms with Crippen molar-refractivity contribution in [2.24, 2.45) is 0 Å². The number of rotatable bonds is 0. The highest BCUT2D eigenvalue weighted by Crippen LogP contribution is 2.40. The lowest BCUT2D eigenvalue weighted by molar-refractivity contribution is 1.50. The fraction of sp³-hybridized carbons (Fsp3) is 0. The van der Waals surface area contributed by atoms with Crippen LogP contribution in [0.2, 0.25) is 0 Å². The van der Waals surface area contributed by atoms with Crippen molar-refractivity contribution in [2.75, 3.05) is 0 Å². The zero-order valence-corrected chi connectivity index (χ0v) is 8.23. The van der Waals surface area contributed by atoms with Gasteiger partial charge in [-0.25, -0.2) is 4.85 Å². The minimum Gasteiger partial charge on any atom is -0.235 e. The first-order valence-corrected chi connectivity index (χ1v) is 4.56. The van der Waals surface area contributed by atoms with Crippen LogP contribution < -0.4 is 0 Å². The van der Waals surface area contributed by atoms with Gasteiger partial charge in [-0.05, 0) is 11.1 Å². The molecule has 0 aromatic heterocycles. The van der Waals surface area contributed by atoms with Gasteiger partial charge in [-0.1, -0.05) is 30.3 Å². The Morgan fingerprint density at radius 1 is 0.938 bits per heavy atom. The van der Waals surface area contributed by atoms with Gasteiger partial charge in [0.1, 0.15) is 0 Å². The van der Waals surface area contributed by atoms with Crippen LogP contribution in [0.4, 0.5) is 5.69 Å². The van der Waals surface area contributed by atoms with E-state index in [0.717, 1.165) is 0 Å². The van der Waals surface area contributed by atoms with Crippen LogP contribution in [-0.2, 0) is 0 Å². The van der Waals surface area contributed by atoms with Crippen molar-refractivity contribution in [3.63, 3.8) is 0 Å². The molecule has 0 N–H and O–H groups in total. The van der Waals surface area contributed by atoms with Gasteiger partial charge in [0.05, 0.1) is 29.8 Å². The first-order chi connectivity index (χ1) is 7.83. The van der Waals surface area contributed by atoms with Crippen LogP contribution in [0.15, 0.2) is 30.3 Å². The van der Waals surface area contributed by atoms with E-state index in [9.17, 15) is 0 Å². The summed E-state index contributed by atoms with van der Waals surface area (Å²) < 4.78 is 0. The summed E-state index contributed by atoms with van der Waals surface area (Å²) in [6, 6.07) is 12.9. The van der Waals surface area contributed by atoms with Crippen LogP contribution in [0.25, 0.3) is 16.0 Å². The van der Waals surface area contributed by atoms with Crippen LogP contribution in [0.1, 0.15) is 11.1 Å². The highest BCUT2D eigenvalue weighted by Gasteiger charge is 2.22. The van der Waals surface area contributed by atoms with Crippen LogP contribution in [0, 0.1) is 29.2 Å². The minimum absolute atomic E-state index is 0.159. The summed E-state index contributed by atoms with van der Waals surface area (Å²) >= 11 is 0. The molecule has 0 aromatic carbocycles. The fourth-order valence-corrected chi connectivity index (χ4v) is 1.70. The topological polar surface area (TPSA) is 51.9 Å². The van der Waals surface area contributed by atoms with E-state index in [2.05, 4.69) is 4.85 Å². The van der Waals surface area contributed by atoms with Crippen molar-refractivity contribution in [3.8, 4) is 23.3 Å². The molecule has 0 bridgehead atoms. The SMILES string of the molecule is [C-]#[N+]c1c(C#N)c2cccccc-2c1C#N. The maximum atomic E-state index is 9.04. The molecule has 0 aromatic rings. The lowest BCUT2D eigenvalue weighted by Gasteiger charge is -1.92. The van der Waals surface area contributed by atoms with Gasteiger partial charge in [0.25, 0.3) is 0 Å². The van der Waals surface area contributed by atoms with Crippen LogP contribution in [0.5, 0.6) is 0 Å². The molecule has 3 heteroatoms. The van der Waals surface area contributed by atoms with Crippen molar-refractivity contribution in [1.82, 2.24) is 0 Å². The molecular weight excluding hydrogens is 198 g/mol. The Morgan fingerprint density at radius 2 is 1.44 bits per heavy atom. The average molecular weight is 203 g/mol. The van der Waals surface area contributed by atoms with Crippen LogP contribution in [0.3, 0.4) is 0 Å². The molecule has 0 saturated heterocycles. The number of fused-ring (bicyclic) bond motifs is 1. The van der Waals surface area contributed by atoms with Gasteiger partial charge in [0.2, 0.25) is 5.69 Å². The molecule has 0 unspecified atom stereocenters. The van der Waals surface area contributed by atoms with E-state index < -0.39 is 0 Å². The lowest BCUT2D eigenvalue weighted by Crippen LogP contribution is -1.72. The van der Waals surface area contributed by atoms with Crippen molar-refractivity contribution < 1.29 is 0 Å². The van der Waals surface area contributed by atoms with E-state index in [1.807, 2.05) is 18.2 Å². The second kappa shape index (κ2) is 3.73. The predicted molar refractivity (Wildman–Crippen MR) is 58.8 cm³/mol. The maximum absolute atomic E-state index is 9.04. The Hall–Kier alpha value is -2.83. The molecule has 0 radical (unpaired) electrons. The van der Waals surface area contributed by atoms with E-state index in [-0.39, 0.29) is 16.8 Å². The third-order valence-corrected chi connectivity index (χ3v) is 2.39. The van der Waals surface area contributed by atoms with Crippen LogP contribution in [-0.4, -0.2) is 0 Å².